The Morgan fingerprint density at radius 3 is 2.30 bits per heavy atom. The number of aromatic amines is 1. The lowest BCUT2D eigenvalue weighted by atomic mass is 9.87. The second kappa shape index (κ2) is 8.79. The first-order valence-corrected chi connectivity index (χ1v) is 11.1. The molecule has 2 N–H and O–H groups in total. The smallest absolute Gasteiger partial charge is 0.256 e. The lowest BCUT2D eigenvalue weighted by molar-refractivity contribution is 0.0950. The second-order valence-corrected chi connectivity index (χ2v) is 8.20. The Bertz CT molecular complexity index is 1380. The highest BCUT2D eigenvalue weighted by atomic mass is 16.5. The summed E-state index contributed by atoms with van der Waals surface area (Å²) in [4.78, 5) is 16.7. The highest BCUT2D eigenvalue weighted by Crippen LogP contribution is 2.38. The van der Waals surface area contributed by atoms with Crippen LogP contribution >= 0.6 is 0 Å². The van der Waals surface area contributed by atoms with E-state index < -0.39 is 0 Å². The van der Waals surface area contributed by atoms with E-state index in [0.717, 1.165) is 27.7 Å². The molecule has 3 aromatic carbocycles. The molecule has 2 aromatic heterocycles. The summed E-state index contributed by atoms with van der Waals surface area (Å²) in [6.45, 7) is 3.98. The molecule has 1 amide bonds. The molecule has 1 atom stereocenters. The summed E-state index contributed by atoms with van der Waals surface area (Å²) in [7, 11) is 0. The van der Waals surface area contributed by atoms with E-state index in [0.29, 0.717) is 23.6 Å². The number of nitrogens with one attached hydrogen (secondary N) is 2. The average Bonchev–Trinajstić information content (AvgIpc) is 3.40. The van der Waals surface area contributed by atoms with E-state index in [1.165, 1.54) is 5.56 Å². The summed E-state index contributed by atoms with van der Waals surface area (Å²) < 4.78 is 5.20. The molecule has 0 saturated heterocycles. The number of benzene rings is 3. The van der Waals surface area contributed by atoms with Crippen molar-refractivity contribution in [2.24, 2.45) is 0 Å². The van der Waals surface area contributed by atoms with Crippen LogP contribution in [-0.2, 0) is 0 Å². The predicted molar refractivity (Wildman–Crippen MR) is 130 cm³/mol. The van der Waals surface area contributed by atoms with Gasteiger partial charge in [-0.25, -0.2) is 0 Å². The van der Waals surface area contributed by atoms with Crippen molar-refractivity contribution in [3.8, 4) is 11.3 Å². The predicted octanol–water partition coefficient (Wildman–Crippen LogP) is 6.00. The monoisotopic (exact) mass is 435 g/mol. The summed E-state index contributed by atoms with van der Waals surface area (Å²) in [5, 5.41) is 8.22. The third kappa shape index (κ3) is 3.94. The van der Waals surface area contributed by atoms with E-state index in [-0.39, 0.29) is 11.8 Å². The van der Waals surface area contributed by atoms with Crippen LogP contribution in [0.2, 0.25) is 0 Å². The standard InChI is InChI=1S/C28H25N3O2/c1-18-25(19(2)33-31-18)28(32)29-17-23(20-11-5-3-6-12-20)26-22-15-9-10-16-24(22)30-27(26)21-13-7-4-8-14-21/h3-16,23,30H,17H2,1-2H3,(H,29,32)/t23-/m0/s1. The number of hydrogen-bond acceptors (Lipinski definition) is 3. The Kier molecular flexibility index (Phi) is 5.53. The molecule has 5 heteroatoms. The molecule has 0 aliphatic carbocycles. The van der Waals surface area contributed by atoms with E-state index >= 15 is 0 Å². The van der Waals surface area contributed by atoms with Gasteiger partial charge in [0.25, 0.3) is 5.91 Å². The van der Waals surface area contributed by atoms with Crippen LogP contribution in [0.15, 0.2) is 89.5 Å². The third-order valence-corrected chi connectivity index (χ3v) is 6.09. The molecule has 2 heterocycles. The van der Waals surface area contributed by atoms with Crippen LogP contribution in [0.25, 0.3) is 22.2 Å². The minimum atomic E-state index is -0.173. The molecule has 5 nitrogen and oxygen atoms in total. The van der Waals surface area contributed by atoms with E-state index in [4.69, 9.17) is 4.52 Å². The molecule has 0 fully saturated rings. The highest BCUT2D eigenvalue weighted by Gasteiger charge is 2.25. The van der Waals surface area contributed by atoms with Crippen molar-refractivity contribution < 1.29 is 9.32 Å². The number of nitrogens with zero attached hydrogens (tertiary/aromatic N) is 1. The quantitative estimate of drug-likeness (QED) is 0.344. The van der Waals surface area contributed by atoms with Gasteiger partial charge in [-0.1, -0.05) is 84.0 Å². The van der Waals surface area contributed by atoms with E-state index in [2.05, 4.69) is 57.9 Å². The first-order chi connectivity index (χ1) is 16.1. The second-order valence-electron chi connectivity index (χ2n) is 8.20. The molecule has 0 spiro atoms. The van der Waals surface area contributed by atoms with Crippen LogP contribution in [0.1, 0.15) is 38.9 Å². The summed E-state index contributed by atoms with van der Waals surface area (Å²) in [6, 6.07) is 29.0. The fourth-order valence-electron chi connectivity index (χ4n) is 4.52. The van der Waals surface area contributed by atoms with E-state index in [1.807, 2.05) is 42.5 Å². The molecule has 0 unspecified atom stereocenters. The fraction of sp³-hybridized carbons (Fsp3) is 0.143. The van der Waals surface area contributed by atoms with Crippen LogP contribution in [0, 0.1) is 13.8 Å². The highest BCUT2D eigenvalue weighted by molar-refractivity contribution is 5.96. The normalized spacial score (nSPS) is 12.1. The summed E-state index contributed by atoms with van der Waals surface area (Å²) in [5.74, 6) is 0.300. The number of para-hydroxylation sites is 1. The molecular formula is C28H25N3O2. The van der Waals surface area contributed by atoms with Crippen molar-refractivity contribution >= 4 is 16.8 Å². The average molecular weight is 436 g/mol. The molecule has 0 radical (unpaired) electrons. The molecule has 0 aliphatic rings. The maximum atomic E-state index is 13.1. The van der Waals surface area contributed by atoms with Crippen molar-refractivity contribution in [1.82, 2.24) is 15.5 Å². The number of amides is 1. The van der Waals surface area contributed by atoms with Gasteiger partial charge in [-0.3, -0.25) is 4.79 Å². The molecule has 0 saturated carbocycles. The van der Waals surface area contributed by atoms with Crippen molar-refractivity contribution in [1.29, 1.82) is 0 Å². The summed E-state index contributed by atoms with van der Waals surface area (Å²) >= 11 is 0. The van der Waals surface area contributed by atoms with E-state index in [1.54, 1.807) is 13.8 Å². The minimum absolute atomic E-state index is 0.0537. The molecular weight excluding hydrogens is 410 g/mol. The number of rotatable bonds is 6. The van der Waals surface area contributed by atoms with Crippen LogP contribution in [0.5, 0.6) is 0 Å². The van der Waals surface area contributed by atoms with Gasteiger partial charge in [0, 0.05) is 23.4 Å². The van der Waals surface area contributed by atoms with Gasteiger partial charge in [-0.05, 0) is 36.6 Å². The van der Waals surface area contributed by atoms with Gasteiger partial charge >= 0.3 is 0 Å². The van der Waals surface area contributed by atoms with E-state index in [9.17, 15) is 4.79 Å². The number of H-pyrrole nitrogens is 1. The zero-order valence-corrected chi connectivity index (χ0v) is 18.6. The third-order valence-electron chi connectivity index (χ3n) is 6.09. The lowest BCUT2D eigenvalue weighted by Gasteiger charge is -2.20. The maximum absolute atomic E-state index is 13.1. The SMILES string of the molecule is Cc1noc(C)c1C(=O)NC[C@@H](c1ccccc1)c1c(-c2ccccc2)[nH]c2ccccc12. The zero-order valence-electron chi connectivity index (χ0n) is 18.6. The minimum Gasteiger partial charge on any atom is -0.361 e. The van der Waals surface area contributed by atoms with Gasteiger partial charge in [-0.15, -0.1) is 0 Å². The number of aromatic nitrogens is 2. The topological polar surface area (TPSA) is 70.9 Å². The summed E-state index contributed by atoms with van der Waals surface area (Å²) in [6.07, 6.45) is 0. The fourth-order valence-corrected chi connectivity index (χ4v) is 4.52. The molecule has 0 bridgehead atoms. The van der Waals surface area contributed by atoms with Gasteiger partial charge in [0.2, 0.25) is 0 Å². The number of fused-ring (bicyclic) bond motifs is 1. The lowest BCUT2D eigenvalue weighted by Crippen LogP contribution is -2.29. The Morgan fingerprint density at radius 1 is 0.939 bits per heavy atom. The number of hydrogen-bond donors (Lipinski definition) is 2. The molecule has 33 heavy (non-hydrogen) atoms. The first-order valence-electron chi connectivity index (χ1n) is 11.1. The van der Waals surface area contributed by atoms with Crippen molar-refractivity contribution in [2.45, 2.75) is 19.8 Å². The van der Waals surface area contributed by atoms with Crippen LogP contribution < -0.4 is 5.32 Å². The molecule has 5 rings (SSSR count). The largest absolute Gasteiger partial charge is 0.361 e. The Labute approximate surface area is 192 Å². The molecule has 0 aliphatic heterocycles. The maximum Gasteiger partial charge on any atom is 0.256 e. The van der Waals surface area contributed by atoms with Gasteiger partial charge < -0.3 is 14.8 Å². The first kappa shape index (κ1) is 20.8. The van der Waals surface area contributed by atoms with Crippen LogP contribution in [0.3, 0.4) is 0 Å². The van der Waals surface area contributed by atoms with Gasteiger partial charge in [0.1, 0.15) is 11.3 Å². The van der Waals surface area contributed by atoms with Crippen molar-refractivity contribution in [3.05, 3.63) is 113 Å². The van der Waals surface area contributed by atoms with Gasteiger partial charge in [0.15, 0.2) is 0 Å². The van der Waals surface area contributed by atoms with Gasteiger partial charge in [0.05, 0.1) is 11.4 Å². The van der Waals surface area contributed by atoms with Crippen molar-refractivity contribution in [2.75, 3.05) is 6.54 Å². The molecule has 164 valence electrons. The van der Waals surface area contributed by atoms with Crippen LogP contribution in [-0.4, -0.2) is 22.6 Å². The molecule has 5 aromatic rings. The zero-order chi connectivity index (χ0) is 22.8. The number of carbonyl (C=O) groups is 1. The summed E-state index contributed by atoms with van der Waals surface area (Å²) in [5.41, 5.74) is 6.66. The number of aryl methyl sites for hydroxylation is 2. The van der Waals surface area contributed by atoms with Crippen LogP contribution in [0.4, 0.5) is 0 Å². The van der Waals surface area contributed by atoms with Gasteiger partial charge in [-0.2, -0.15) is 0 Å². The Hall–Kier alpha value is -4.12. The Morgan fingerprint density at radius 2 is 1.61 bits per heavy atom. The Balaban J connectivity index is 1.62. The number of carbonyl (C=O) groups excluding carboxylic acids is 1. The van der Waals surface area contributed by atoms with Crippen molar-refractivity contribution in [3.63, 3.8) is 0 Å².